The molecule has 2 saturated heterocycles. The Hall–Kier alpha value is -4.35. The molecule has 0 aromatic heterocycles. The Morgan fingerprint density at radius 3 is 2.30 bits per heavy atom. The Labute approximate surface area is 272 Å². The van der Waals surface area contributed by atoms with Crippen LogP contribution < -0.4 is 20.5 Å². The number of amides is 2. The van der Waals surface area contributed by atoms with Crippen molar-refractivity contribution >= 4 is 24.6 Å². The second kappa shape index (κ2) is 15.0. The molecule has 5 rings (SSSR count). The summed E-state index contributed by atoms with van der Waals surface area (Å²) in [7, 11) is 2.01. The minimum absolute atomic E-state index is 0.0700. The third-order valence-corrected chi connectivity index (χ3v) is 8.54. The summed E-state index contributed by atoms with van der Waals surface area (Å²) in [5, 5.41) is 4.71. The first-order chi connectivity index (χ1) is 22.5. The lowest BCUT2D eigenvalue weighted by Gasteiger charge is -2.33. The highest BCUT2D eigenvalue weighted by molar-refractivity contribution is 5.95. The van der Waals surface area contributed by atoms with Crippen molar-refractivity contribution in [2.45, 2.75) is 32.0 Å². The Morgan fingerprint density at radius 2 is 1.68 bits per heavy atom. The van der Waals surface area contributed by atoms with Crippen LogP contribution in [-0.2, 0) is 15.7 Å². The number of hydrogen-bond acceptors (Lipinski definition) is 6. The largest absolute Gasteiger partial charge is 0.457 e. The van der Waals surface area contributed by atoms with Gasteiger partial charge in [0.1, 0.15) is 11.5 Å². The zero-order chi connectivity index (χ0) is 33.6. The molecule has 2 aliphatic heterocycles. The smallest absolute Gasteiger partial charge is 0.416 e. The molecule has 0 radical (unpaired) electrons. The van der Waals surface area contributed by atoms with Crippen molar-refractivity contribution in [2.24, 2.45) is 5.92 Å². The van der Waals surface area contributed by atoms with Crippen LogP contribution in [0, 0.1) is 12.8 Å². The maximum atomic E-state index is 13.2. The van der Waals surface area contributed by atoms with Crippen LogP contribution >= 0.6 is 0 Å². The van der Waals surface area contributed by atoms with Crippen molar-refractivity contribution in [3.8, 4) is 11.5 Å². The van der Waals surface area contributed by atoms with E-state index in [4.69, 9.17) is 14.2 Å². The molecule has 47 heavy (non-hydrogen) atoms. The first-order valence-corrected chi connectivity index (χ1v) is 15.7. The highest BCUT2D eigenvalue weighted by Crippen LogP contribution is 2.31. The van der Waals surface area contributed by atoms with E-state index in [2.05, 4.69) is 16.8 Å². The van der Waals surface area contributed by atoms with Gasteiger partial charge in [-0.2, -0.15) is 13.2 Å². The molecule has 0 spiro atoms. The van der Waals surface area contributed by atoms with E-state index in [9.17, 15) is 22.8 Å². The normalized spacial score (nSPS) is 17.8. The van der Waals surface area contributed by atoms with E-state index in [0.717, 1.165) is 47.5 Å². The number of benzene rings is 3. The van der Waals surface area contributed by atoms with Gasteiger partial charge in [0.2, 0.25) is 0 Å². The zero-order valence-electron chi connectivity index (χ0n) is 26.6. The Morgan fingerprint density at radius 1 is 1.02 bits per heavy atom. The number of nitrogens with one attached hydrogen (secondary N) is 1. The van der Waals surface area contributed by atoms with Gasteiger partial charge in [0, 0.05) is 55.8 Å². The van der Waals surface area contributed by atoms with Gasteiger partial charge in [-0.3, -0.25) is 9.59 Å². The highest BCUT2D eigenvalue weighted by atomic mass is 19.4. The number of carbonyl (C=O) groups is 2. The molecule has 1 N–H and O–H groups in total. The van der Waals surface area contributed by atoms with Crippen LogP contribution in [0.15, 0.2) is 60.7 Å². The summed E-state index contributed by atoms with van der Waals surface area (Å²) in [5.74, 6) is 0.858. The third kappa shape index (κ3) is 8.93. The molecule has 250 valence electrons. The van der Waals surface area contributed by atoms with Crippen molar-refractivity contribution in [1.82, 2.24) is 15.1 Å². The molecule has 8 nitrogen and oxygen atoms in total. The first kappa shape index (κ1) is 34.0. The lowest BCUT2D eigenvalue weighted by Crippen LogP contribution is -2.41. The minimum Gasteiger partial charge on any atom is -0.457 e. The Bertz CT molecular complexity index is 1650. The number of piperidine rings is 1. The predicted molar refractivity (Wildman–Crippen MR) is 173 cm³/mol. The van der Waals surface area contributed by atoms with Gasteiger partial charge in [-0.05, 0) is 91.1 Å². The number of likely N-dealkylation sites (tertiary alicyclic amines) is 1. The van der Waals surface area contributed by atoms with Gasteiger partial charge in [-0.1, -0.05) is 12.6 Å². The summed E-state index contributed by atoms with van der Waals surface area (Å²) in [5.41, 5.74) is 1.24. The molecular weight excluding hydrogens is 611 g/mol. The van der Waals surface area contributed by atoms with Crippen LogP contribution in [0.25, 0.3) is 12.8 Å². The van der Waals surface area contributed by atoms with Crippen LogP contribution in [0.4, 0.5) is 13.2 Å². The van der Waals surface area contributed by atoms with Gasteiger partial charge in [0.25, 0.3) is 11.8 Å². The van der Waals surface area contributed by atoms with Gasteiger partial charge < -0.3 is 29.3 Å². The molecule has 3 aromatic rings. The van der Waals surface area contributed by atoms with Gasteiger partial charge in [-0.15, -0.1) is 0 Å². The summed E-state index contributed by atoms with van der Waals surface area (Å²) in [6.45, 7) is 10.1. The topological polar surface area (TPSA) is 80.3 Å². The number of ether oxygens (including phenoxy) is 3. The lowest BCUT2D eigenvalue weighted by molar-refractivity contribution is -0.137. The molecule has 1 atom stereocenters. The van der Waals surface area contributed by atoms with Crippen molar-refractivity contribution in [3.63, 3.8) is 0 Å². The van der Waals surface area contributed by atoms with Gasteiger partial charge >= 0.3 is 6.18 Å². The molecule has 0 bridgehead atoms. The van der Waals surface area contributed by atoms with Crippen LogP contribution in [0.5, 0.6) is 11.5 Å². The fourth-order valence-corrected chi connectivity index (χ4v) is 5.86. The number of hydrogen-bond donors (Lipinski definition) is 1. The zero-order valence-corrected chi connectivity index (χ0v) is 26.6. The number of halogens is 3. The molecule has 2 fully saturated rings. The number of nitrogens with zero attached hydrogens (tertiary/aromatic N) is 2. The molecule has 0 saturated carbocycles. The average molecular weight is 652 g/mol. The number of carbonyl (C=O) groups excluding carboxylic acids is 2. The van der Waals surface area contributed by atoms with Crippen molar-refractivity contribution < 1.29 is 37.0 Å². The molecule has 2 aliphatic rings. The maximum Gasteiger partial charge on any atom is 0.416 e. The van der Waals surface area contributed by atoms with E-state index >= 15 is 0 Å². The van der Waals surface area contributed by atoms with Crippen LogP contribution in [0.1, 0.15) is 44.7 Å². The summed E-state index contributed by atoms with van der Waals surface area (Å²) >= 11 is 0. The van der Waals surface area contributed by atoms with Gasteiger partial charge in [0.15, 0.2) is 0 Å². The molecular formula is C36H40F3N3O5. The SMILES string of the molecule is C=c1ccc(C(=O)NC[C@H]2COCCO2)c(C)/c1=C/N(C)CC1CCN(C(=O)c2ccc(Oc3ccc(C(F)(F)F)cc3)cc2)CC1. The fourth-order valence-electron chi connectivity index (χ4n) is 5.86. The minimum atomic E-state index is -4.41. The second-order valence-corrected chi connectivity index (χ2v) is 12.0. The first-order valence-electron chi connectivity index (χ1n) is 15.7. The van der Waals surface area contributed by atoms with Gasteiger partial charge in [0.05, 0.1) is 31.5 Å². The third-order valence-electron chi connectivity index (χ3n) is 8.54. The molecule has 11 heteroatoms. The number of alkyl halides is 3. The van der Waals surface area contributed by atoms with Crippen LogP contribution in [0.2, 0.25) is 0 Å². The van der Waals surface area contributed by atoms with E-state index < -0.39 is 11.7 Å². The fraction of sp³-hybridized carbons (Fsp3) is 0.389. The van der Waals surface area contributed by atoms with Crippen molar-refractivity contribution in [1.29, 1.82) is 0 Å². The summed E-state index contributed by atoms with van der Waals surface area (Å²) < 4.78 is 55.1. The second-order valence-electron chi connectivity index (χ2n) is 12.0. The van der Waals surface area contributed by atoms with E-state index in [1.54, 1.807) is 30.3 Å². The van der Waals surface area contributed by atoms with Crippen molar-refractivity contribution in [3.05, 3.63) is 93.4 Å². The van der Waals surface area contributed by atoms with Gasteiger partial charge in [-0.25, -0.2) is 0 Å². The molecule has 0 aliphatic carbocycles. The standard InChI is InChI=1S/C36H40F3N3O5/c1-24-4-13-32(34(43)40-20-31-23-45-18-19-46-31)25(2)33(24)22-41(3)21-26-14-16-42(17-15-26)35(44)27-5-9-29(10-6-27)47-30-11-7-28(8-12-30)36(37,38)39/h4-13,22,26,31H,1,14-21,23H2,2-3H3,(H,40,43)/b33-22+/t31-/m0/s1. The van der Waals surface area contributed by atoms with Crippen molar-refractivity contribution in [2.75, 3.05) is 53.0 Å². The summed E-state index contributed by atoms with van der Waals surface area (Å²) in [6, 6.07) is 14.7. The molecule has 2 amide bonds. The molecule has 2 heterocycles. The maximum absolute atomic E-state index is 13.2. The Kier molecular flexibility index (Phi) is 10.9. The van der Waals surface area contributed by atoms with E-state index in [1.807, 2.05) is 31.1 Å². The monoisotopic (exact) mass is 651 g/mol. The molecule has 3 aromatic carbocycles. The number of rotatable bonds is 9. The van der Waals surface area contributed by atoms with E-state index in [1.165, 1.54) is 12.1 Å². The summed E-state index contributed by atoms with van der Waals surface area (Å²) in [6.07, 6.45) is -0.815. The predicted octanol–water partition coefficient (Wildman–Crippen LogP) is 4.58. The van der Waals surface area contributed by atoms with E-state index in [0.29, 0.717) is 62.2 Å². The molecule has 0 unspecified atom stereocenters. The quantitative estimate of drug-likeness (QED) is 0.365. The van der Waals surface area contributed by atoms with E-state index in [-0.39, 0.29) is 23.7 Å². The Balaban J connectivity index is 1.12. The highest BCUT2D eigenvalue weighted by Gasteiger charge is 2.30. The van der Waals surface area contributed by atoms with Crippen LogP contribution in [-0.4, -0.2) is 80.8 Å². The summed E-state index contributed by atoms with van der Waals surface area (Å²) in [4.78, 5) is 30.1. The average Bonchev–Trinajstić information content (AvgIpc) is 3.06. The lowest BCUT2D eigenvalue weighted by atomic mass is 9.95. The van der Waals surface area contributed by atoms with Crippen LogP contribution in [0.3, 0.4) is 0 Å².